The summed E-state index contributed by atoms with van der Waals surface area (Å²) in [4.78, 5) is 41.0. The van der Waals surface area contributed by atoms with Crippen molar-refractivity contribution in [2.24, 2.45) is 0 Å². The van der Waals surface area contributed by atoms with Crippen LogP contribution in [0.5, 0.6) is 0 Å². The van der Waals surface area contributed by atoms with Gasteiger partial charge in [0.25, 0.3) is 5.56 Å². The number of anilines is 1. The molecule has 1 aromatic heterocycles. The quantitative estimate of drug-likeness (QED) is 0.342. The van der Waals surface area contributed by atoms with Crippen LogP contribution in [0.2, 0.25) is 5.02 Å². The Morgan fingerprint density at radius 2 is 1.90 bits per heavy atom. The van der Waals surface area contributed by atoms with E-state index in [0.29, 0.717) is 38.9 Å². The summed E-state index contributed by atoms with van der Waals surface area (Å²) in [7, 11) is 0. The molecule has 0 spiro atoms. The van der Waals surface area contributed by atoms with E-state index < -0.39 is 0 Å². The molecule has 3 aromatic rings. The third-order valence-electron chi connectivity index (χ3n) is 4.24. The molecule has 0 aliphatic carbocycles. The van der Waals surface area contributed by atoms with Gasteiger partial charge in [0.05, 0.1) is 16.7 Å². The van der Waals surface area contributed by atoms with Crippen molar-refractivity contribution in [3.8, 4) is 0 Å². The summed E-state index contributed by atoms with van der Waals surface area (Å²) in [6, 6.07) is 11.7. The lowest BCUT2D eigenvalue weighted by Crippen LogP contribution is -2.24. The molecule has 1 N–H and O–H groups in total. The van der Waals surface area contributed by atoms with E-state index in [2.05, 4.69) is 10.3 Å². The lowest BCUT2D eigenvalue weighted by molar-refractivity contribution is -0.113. The number of benzene rings is 2. The highest BCUT2D eigenvalue weighted by molar-refractivity contribution is 7.99. The predicted molar refractivity (Wildman–Crippen MR) is 117 cm³/mol. The van der Waals surface area contributed by atoms with Crippen LogP contribution < -0.4 is 10.9 Å². The van der Waals surface area contributed by atoms with Gasteiger partial charge < -0.3 is 5.32 Å². The number of ketones is 1. The number of hydrogen-bond acceptors (Lipinski definition) is 5. The standard InChI is InChI=1S/C21H20ClN3O3S/c1-3-10-25-20(28)17-9-6-15(22)11-18(17)24-21(25)29-12-19(27)23-16-7-4-14(5-8-16)13(2)26/h4-9,11H,3,10,12H2,1-2H3,(H,23,27). The molecule has 0 bridgehead atoms. The predicted octanol–water partition coefficient (Wildman–Crippen LogP) is 4.39. The Morgan fingerprint density at radius 3 is 2.55 bits per heavy atom. The number of aromatic nitrogens is 2. The first kappa shape index (κ1) is 21.1. The number of thioether (sulfide) groups is 1. The van der Waals surface area contributed by atoms with Crippen molar-refractivity contribution in [3.05, 3.63) is 63.4 Å². The highest BCUT2D eigenvalue weighted by Crippen LogP contribution is 2.21. The number of nitrogens with one attached hydrogen (secondary N) is 1. The van der Waals surface area contributed by atoms with Crippen LogP contribution in [0.3, 0.4) is 0 Å². The molecule has 0 saturated carbocycles. The minimum absolute atomic E-state index is 0.0326. The summed E-state index contributed by atoms with van der Waals surface area (Å²) < 4.78 is 1.59. The fourth-order valence-corrected chi connectivity index (χ4v) is 3.81. The summed E-state index contributed by atoms with van der Waals surface area (Å²) in [5, 5.41) is 4.27. The summed E-state index contributed by atoms with van der Waals surface area (Å²) in [5.41, 5.74) is 1.55. The summed E-state index contributed by atoms with van der Waals surface area (Å²) in [6.07, 6.45) is 0.767. The van der Waals surface area contributed by atoms with Crippen molar-refractivity contribution >= 4 is 51.6 Å². The molecule has 0 aliphatic heterocycles. The summed E-state index contributed by atoms with van der Waals surface area (Å²) >= 11 is 7.23. The van der Waals surface area contributed by atoms with Crippen molar-refractivity contribution < 1.29 is 9.59 Å². The molecule has 3 rings (SSSR count). The Morgan fingerprint density at radius 1 is 1.17 bits per heavy atom. The number of Topliss-reactive ketones (excluding diaryl/α,β-unsaturated/α-hetero) is 1. The van der Waals surface area contributed by atoms with Gasteiger partial charge in [-0.05, 0) is 55.8 Å². The SMILES string of the molecule is CCCn1c(SCC(=O)Nc2ccc(C(C)=O)cc2)nc2cc(Cl)ccc2c1=O. The van der Waals surface area contributed by atoms with E-state index in [4.69, 9.17) is 11.6 Å². The maximum atomic E-state index is 12.8. The largest absolute Gasteiger partial charge is 0.325 e. The fourth-order valence-electron chi connectivity index (χ4n) is 2.82. The number of carbonyl (C=O) groups is 2. The van der Waals surface area contributed by atoms with E-state index in [9.17, 15) is 14.4 Å². The monoisotopic (exact) mass is 429 g/mol. The van der Waals surface area contributed by atoms with E-state index in [1.807, 2.05) is 6.92 Å². The van der Waals surface area contributed by atoms with Gasteiger partial charge in [-0.3, -0.25) is 19.0 Å². The second-order valence-electron chi connectivity index (χ2n) is 6.48. The van der Waals surface area contributed by atoms with Gasteiger partial charge in [0, 0.05) is 22.8 Å². The van der Waals surface area contributed by atoms with Crippen LogP contribution >= 0.6 is 23.4 Å². The molecule has 0 aliphatic rings. The Hall–Kier alpha value is -2.64. The second-order valence-corrected chi connectivity index (χ2v) is 7.86. The molecule has 150 valence electrons. The lowest BCUT2D eigenvalue weighted by atomic mass is 10.1. The zero-order valence-electron chi connectivity index (χ0n) is 16.1. The topological polar surface area (TPSA) is 81.1 Å². The van der Waals surface area contributed by atoms with Gasteiger partial charge in [0.15, 0.2) is 10.9 Å². The van der Waals surface area contributed by atoms with E-state index in [1.54, 1.807) is 47.0 Å². The third-order valence-corrected chi connectivity index (χ3v) is 5.45. The van der Waals surface area contributed by atoms with Crippen LogP contribution in [0.15, 0.2) is 52.4 Å². The average molecular weight is 430 g/mol. The van der Waals surface area contributed by atoms with Crippen molar-refractivity contribution in [1.82, 2.24) is 9.55 Å². The summed E-state index contributed by atoms with van der Waals surface area (Å²) in [6.45, 7) is 3.98. The smallest absolute Gasteiger partial charge is 0.262 e. The minimum Gasteiger partial charge on any atom is -0.325 e. The molecule has 0 atom stereocenters. The van der Waals surface area contributed by atoms with E-state index >= 15 is 0 Å². The zero-order valence-corrected chi connectivity index (χ0v) is 17.6. The van der Waals surface area contributed by atoms with Gasteiger partial charge >= 0.3 is 0 Å². The molecule has 29 heavy (non-hydrogen) atoms. The van der Waals surface area contributed by atoms with Crippen LogP contribution in [0.25, 0.3) is 10.9 Å². The van der Waals surface area contributed by atoms with Gasteiger partial charge in [0.2, 0.25) is 5.91 Å². The van der Waals surface area contributed by atoms with Gasteiger partial charge in [-0.25, -0.2) is 4.98 Å². The number of nitrogens with zero attached hydrogens (tertiary/aromatic N) is 2. The molecular formula is C21H20ClN3O3S. The van der Waals surface area contributed by atoms with E-state index in [-0.39, 0.29) is 23.0 Å². The molecule has 6 nitrogen and oxygen atoms in total. The molecule has 0 fully saturated rings. The van der Waals surface area contributed by atoms with Crippen LogP contribution in [0, 0.1) is 0 Å². The highest BCUT2D eigenvalue weighted by atomic mass is 35.5. The van der Waals surface area contributed by atoms with Crippen molar-refractivity contribution in [2.75, 3.05) is 11.1 Å². The number of halogens is 1. The molecule has 1 heterocycles. The normalized spacial score (nSPS) is 10.9. The summed E-state index contributed by atoms with van der Waals surface area (Å²) in [5.74, 6) is -0.166. The average Bonchev–Trinajstić information content (AvgIpc) is 2.69. The minimum atomic E-state index is -0.228. The Labute approximate surface area is 177 Å². The van der Waals surface area contributed by atoms with Crippen LogP contribution in [0.1, 0.15) is 30.6 Å². The van der Waals surface area contributed by atoms with E-state index in [0.717, 1.165) is 6.42 Å². The van der Waals surface area contributed by atoms with Crippen molar-refractivity contribution in [2.45, 2.75) is 32.0 Å². The Bertz CT molecular complexity index is 1130. The van der Waals surface area contributed by atoms with Crippen LogP contribution in [-0.2, 0) is 11.3 Å². The first-order valence-corrected chi connectivity index (χ1v) is 10.5. The number of amides is 1. The highest BCUT2D eigenvalue weighted by Gasteiger charge is 2.13. The lowest BCUT2D eigenvalue weighted by Gasteiger charge is -2.12. The van der Waals surface area contributed by atoms with Crippen LogP contribution in [-0.4, -0.2) is 27.0 Å². The Kier molecular flexibility index (Phi) is 6.71. The zero-order chi connectivity index (χ0) is 21.0. The fraction of sp³-hybridized carbons (Fsp3) is 0.238. The Balaban J connectivity index is 1.78. The van der Waals surface area contributed by atoms with Crippen molar-refractivity contribution in [1.29, 1.82) is 0 Å². The molecule has 1 amide bonds. The molecule has 8 heteroatoms. The second kappa shape index (κ2) is 9.24. The van der Waals surface area contributed by atoms with Crippen molar-refractivity contribution in [3.63, 3.8) is 0 Å². The number of hydrogen-bond donors (Lipinski definition) is 1. The maximum Gasteiger partial charge on any atom is 0.262 e. The number of carbonyl (C=O) groups excluding carboxylic acids is 2. The maximum absolute atomic E-state index is 12.8. The number of fused-ring (bicyclic) bond motifs is 1. The third kappa shape index (κ3) is 5.05. The molecule has 2 aromatic carbocycles. The van der Waals surface area contributed by atoms with Gasteiger partial charge in [0.1, 0.15) is 0 Å². The molecule has 0 unspecified atom stereocenters. The van der Waals surface area contributed by atoms with Gasteiger partial charge in [-0.1, -0.05) is 30.3 Å². The molecule has 0 radical (unpaired) electrons. The van der Waals surface area contributed by atoms with Gasteiger partial charge in [-0.15, -0.1) is 0 Å². The first-order valence-electron chi connectivity index (χ1n) is 9.12. The number of rotatable bonds is 7. The first-order chi connectivity index (χ1) is 13.9. The molecular weight excluding hydrogens is 410 g/mol. The molecule has 0 saturated heterocycles. The van der Waals surface area contributed by atoms with Gasteiger partial charge in [-0.2, -0.15) is 0 Å². The van der Waals surface area contributed by atoms with E-state index in [1.165, 1.54) is 18.7 Å². The van der Waals surface area contributed by atoms with Crippen LogP contribution in [0.4, 0.5) is 5.69 Å².